The summed E-state index contributed by atoms with van der Waals surface area (Å²) in [5.74, 6) is 0.534. The van der Waals surface area contributed by atoms with Gasteiger partial charge in [0.05, 0.1) is 17.9 Å². The van der Waals surface area contributed by atoms with Crippen LogP contribution in [0.4, 0.5) is 4.39 Å². The van der Waals surface area contributed by atoms with Crippen LogP contribution >= 0.6 is 0 Å². The van der Waals surface area contributed by atoms with Gasteiger partial charge in [0.1, 0.15) is 11.6 Å². The van der Waals surface area contributed by atoms with Crippen molar-refractivity contribution in [3.63, 3.8) is 0 Å². The van der Waals surface area contributed by atoms with Crippen molar-refractivity contribution in [1.82, 2.24) is 4.98 Å². The van der Waals surface area contributed by atoms with Crippen molar-refractivity contribution in [3.05, 3.63) is 72.7 Å². The monoisotopic (exact) mass is 293 g/mol. The smallest absolute Gasteiger partial charge is 0.129 e. The molecule has 0 aliphatic carbocycles. The van der Waals surface area contributed by atoms with E-state index in [0.717, 1.165) is 28.1 Å². The number of hydrogen-bond acceptors (Lipinski definition) is 2. The normalized spacial score (nSPS) is 10.5. The SMILES string of the molecule is CCOc1cccc(-c2ccc(F)cc2)c1-c1ccccn1. The molecule has 3 rings (SSSR count). The Bertz CT molecular complexity index is 754. The summed E-state index contributed by atoms with van der Waals surface area (Å²) < 4.78 is 19.0. The minimum absolute atomic E-state index is 0.246. The van der Waals surface area contributed by atoms with E-state index in [1.165, 1.54) is 12.1 Å². The molecule has 0 radical (unpaired) electrons. The lowest BCUT2D eigenvalue weighted by Gasteiger charge is -2.15. The number of halogens is 1. The molecule has 0 atom stereocenters. The van der Waals surface area contributed by atoms with Gasteiger partial charge in [0.2, 0.25) is 0 Å². The molecular formula is C19H16FNO. The zero-order valence-corrected chi connectivity index (χ0v) is 12.3. The summed E-state index contributed by atoms with van der Waals surface area (Å²) >= 11 is 0. The third-order valence-corrected chi connectivity index (χ3v) is 3.40. The number of nitrogens with zero attached hydrogens (tertiary/aromatic N) is 1. The molecule has 3 heteroatoms. The molecule has 0 amide bonds. The lowest BCUT2D eigenvalue weighted by Crippen LogP contribution is -1.97. The van der Waals surface area contributed by atoms with Gasteiger partial charge in [-0.05, 0) is 48.4 Å². The van der Waals surface area contributed by atoms with E-state index in [1.54, 1.807) is 18.3 Å². The number of aromatic nitrogens is 1. The third-order valence-electron chi connectivity index (χ3n) is 3.40. The molecule has 1 heterocycles. The van der Waals surface area contributed by atoms with Crippen molar-refractivity contribution < 1.29 is 9.13 Å². The molecular weight excluding hydrogens is 277 g/mol. The van der Waals surface area contributed by atoms with Gasteiger partial charge < -0.3 is 4.74 Å². The summed E-state index contributed by atoms with van der Waals surface area (Å²) in [5, 5.41) is 0. The largest absolute Gasteiger partial charge is 0.493 e. The van der Waals surface area contributed by atoms with Crippen molar-refractivity contribution in [1.29, 1.82) is 0 Å². The Hall–Kier alpha value is -2.68. The van der Waals surface area contributed by atoms with Crippen molar-refractivity contribution in [3.8, 4) is 28.1 Å². The van der Waals surface area contributed by atoms with Crippen LogP contribution in [0.15, 0.2) is 66.9 Å². The molecule has 22 heavy (non-hydrogen) atoms. The first-order chi connectivity index (χ1) is 10.8. The molecule has 0 aliphatic heterocycles. The van der Waals surface area contributed by atoms with E-state index < -0.39 is 0 Å². The maximum atomic E-state index is 13.2. The van der Waals surface area contributed by atoms with E-state index in [9.17, 15) is 4.39 Å². The Morgan fingerprint density at radius 2 is 1.77 bits per heavy atom. The Kier molecular flexibility index (Phi) is 4.15. The zero-order chi connectivity index (χ0) is 15.4. The zero-order valence-electron chi connectivity index (χ0n) is 12.3. The summed E-state index contributed by atoms with van der Waals surface area (Å²) in [7, 11) is 0. The summed E-state index contributed by atoms with van der Waals surface area (Å²) in [6.45, 7) is 2.53. The second-order valence-corrected chi connectivity index (χ2v) is 4.83. The summed E-state index contributed by atoms with van der Waals surface area (Å²) in [5.41, 5.74) is 3.68. The molecule has 0 aliphatic rings. The Labute approximate surface area is 129 Å². The van der Waals surface area contributed by atoms with E-state index in [-0.39, 0.29) is 5.82 Å². The van der Waals surface area contributed by atoms with Crippen LogP contribution in [0.1, 0.15) is 6.92 Å². The molecule has 0 bridgehead atoms. The molecule has 110 valence electrons. The standard InChI is InChI=1S/C19H16FNO/c1-2-22-18-8-5-6-16(14-9-11-15(20)12-10-14)19(18)17-7-3-4-13-21-17/h3-13H,2H2,1H3. The van der Waals surface area contributed by atoms with Gasteiger partial charge in [0.25, 0.3) is 0 Å². The van der Waals surface area contributed by atoms with E-state index in [2.05, 4.69) is 4.98 Å². The highest BCUT2D eigenvalue weighted by atomic mass is 19.1. The first-order valence-electron chi connectivity index (χ1n) is 7.22. The molecule has 0 saturated heterocycles. The Balaban J connectivity index is 2.21. The topological polar surface area (TPSA) is 22.1 Å². The van der Waals surface area contributed by atoms with Crippen LogP contribution < -0.4 is 4.74 Å². The Morgan fingerprint density at radius 1 is 0.955 bits per heavy atom. The van der Waals surface area contributed by atoms with Gasteiger partial charge in [-0.1, -0.05) is 30.3 Å². The highest BCUT2D eigenvalue weighted by Gasteiger charge is 2.14. The van der Waals surface area contributed by atoms with Crippen LogP contribution in [0.5, 0.6) is 5.75 Å². The third kappa shape index (κ3) is 2.84. The number of ether oxygens (including phenoxy) is 1. The first-order valence-corrected chi connectivity index (χ1v) is 7.22. The van der Waals surface area contributed by atoms with Crippen molar-refractivity contribution >= 4 is 0 Å². The number of benzene rings is 2. The van der Waals surface area contributed by atoms with Crippen LogP contribution in [0.3, 0.4) is 0 Å². The minimum atomic E-state index is -0.246. The van der Waals surface area contributed by atoms with Gasteiger partial charge in [0, 0.05) is 6.20 Å². The fourth-order valence-electron chi connectivity index (χ4n) is 2.45. The quantitative estimate of drug-likeness (QED) is 0.678. The average molecular weight is 293 g/mol. The van der Waals surface area contributed by atoms with Crippen molar-refractivity contribution in [2.45, 2.75) is 6.92 Å². The van der Waals surface area contributed by atoms with Crippen LogP contribution in [0.2, 0.25) is 0 Å². The summed E-state index contributed by atoms with van der Waals surface area (Å²) in [6.07, 6.45) is 1.76. The van der Waals surface area contributed by atoms with Crippen LogP contribution in [0.25, 0.3) is 22.4 Å². The minimum Gasteiger partial charge on any atom is -0.493 e. The average Bonchev–Trinajstić information content (AvgIpc) is 2.56. The van der Waals surface area contributed by atoms with Crippen LogP contribution in [-0.4, -0.2) is 11.6 Å². The van der Waals surface area contributed by atoms with E-state index in [4.69, 9.17) is 4.74 Å². The number of hydrogen-bond donors (Lipinski definition) is 0. The predicted octanol–water partition coefficient (Wildman–Crippen LogP) is 4.95. The van der Waals surface area contributed by atoms with Gasteiger partial charge in [-0.15, -0.1) is 0 Å². The molecule has 2 nitrogen and oxygen atoms in total. The molecule has 0 N–H and O–H groups in total. The number of rotatable bonds is 4. The molecule has 0 fully saturated rings. The van der Waals surface area contributed by atoms with Gasteiger partial charge >= 0.3 is 0 Å². The first kappa shape index (κ1) is 14.3. The van der Waals surface area contributed by atoms with E-state index >= 15 is 0 Å². The molecule has 0 spiro atoms. The van der Waals surface area contributed by atoms with Crippen LogP contribution in [-0.2, 0) is 0 Å². The second-order valence-electron chi connectivity index (χ2n) is 4.83. The molecule has 2 aromatic carbocycles. The van der Waals surface area contributed by atoms with Crippen LogP contribution in [0, 0.1) is 5.82 Å². The van der Waals surface area contributed by atoms with Gasteiger partial charge in [0.15, 0.2) is 0 Å². The van der Waals surface area contributed by atoms with Gasteiger partial charge in [-0.25, -0.2) is 4.39 Å². The summed E-state index contributed by atoms with van der Waals surface area (Å²) in [6, 6.07) is 18.1. The van der Waals surface area contributed by atoms with Gasteiger partial charge in [-0.3, -0.25) is 4.98 Å². The van der Waals surface area contributed by atoms with E-state index in [1.807, 2.05) is 43.3 Å². The lowest BCUT2D eigenvalue weighted by molar-refractivity contribution is 0.341. The van der Waals surface area contributed by atoms with Gasteiger partial charge in [-0.2, -0.15) is 0 Å². The fourth-order valence-corrected chi connectivity index (χ4v) is 2.45. The maximum Gasteiger partial charge on any atom is 0.129 e. The Morgan fingerprint density at radius 3 is 2.45 bits per heavy atom. The number of pyridine rings is 1. The van der Waals surface area contributed by atoms with E-state index in [0.29, 0.717) is 6.61 Å². The second kappa shape index (κ2) is 6.39. The molecule has 3 aromatic rings. The van der Waals surface area contributed by atoms with Crippen molar-refractivity contribution in [2.24, 2.45) is 0 Å². The maximum absolute atomic E-state index is 13.2. The fraction of sp³-hybridized carbons (Fsp3) is 0.105. The predicted molar refractivity (Wildman–Crippen MR) is 86.2 cm³/mol. The molecule has 0 saturated carbocycles. The van der Waals surface area contributed by atoms with Crippen molar-refractivity contribution in [2.75, 3.05) is 6.61 Å². The highest BCUT2D eigenvalue weighted by Crippen LogP contribution is 2.38. The lowest BCUT2D eigenvalue weighted by atomic mass is 9.96. The molecule has 0 unspecified atom stereocenters. The summed E-state index contributed by atoms with van der Waals surface area (Å²) in [4.78, 5) is 4.44. The highest BCUT2D eigenvalue weighted by molar-refractivity contribution is 5.86. The molecule has 1 aromatic heterocycles.